The van der Waals surface area contributed by atoms with Crippen molar-refractivity contribution in [3.05, 3.63) is 53.1 Å². The summed E-state index contributed by atoms with van der Waals surface area (Å²) in [4.78, 5) is 0. The van der Waals surface area contributed by atoms with E-state index in [1.165, 1.54) is 18.2 Å². The summed E-state index contributed by atoms with van der Waals surface area (Å²) in [7, 11) is 0. The average molecular weight is 256 g/mol. The fraction of sp³-hybridized carbons (Fsp3) is 0. The Hall–Kier alpha value is -1.81. The van der Waals surface area contributed by atoms with E-state index >= 15 is 0 Å². The van der Waals surface area contributed by atoms with Gasteiger partial charge in [0.05, 0.1) is 5.69 Å². The topological polar surface area (TPSA) is 35.2 Å². The maximum atomic E-state index is 13.3. The minimum absolute atomic E-state index is 0.0968. The Labute approximate surface area is 102 Å². The Morgan fingerprint density at radius 2 is 1.71 bits per heavy atom. The lowest BCUT2D eigenvalue weighted by Gasteiger charge is -2.09. The van der Waals surface area contributed by atoms with Crippen molar-refractivity contribution in [2.75, 3.05) is 5.73 Å². The zero-order valence-electron chi connectivity index (χ0n) is 8.58. The van der Waals surface area contributed by atoms with Gasteiger partial charge in [0.15, 0.2) is 17.3 Å². The summed E-state index contributed by atoms with van der Waals surface area (Å²) in [6, 6.07) is 7.60. The van der Waals surface area contributed by atoms with Gasteiger partial charge in [0.2, 0.25) is 0 Å². The lowest BCUT2D eigenvalue weighted by atomic mass is 10.3. The van der Waals surface area contributed by atoms with Crippen molar-refractivity contribution in [3.8, 4) is 11.5 Å². The van der Waals surface area contributed by atoms with Gasteiger partial charge in [-0.25, -0.2) is 8.78 Å². The van der Waals surface area contributed by atoms with Crippen LogP contribution in [0.2, 0.25) is 5.02 Å². The van der Waals surface area contributed by atoms with Gasteiger partial charge in [-0.1, -0.05) is 11.6 Å². The smallest absolute Gasteiger partial charge is 0.168 e. The predicted octanol–water partition coefficient (Wildman–Crippen LogP) is 3.99. The van der Waals surface area contributed by atoms with Crippen LogP contribution in [0, 0.1) is 11.6 Å². The van der Waals surface area contributed by atoms with Gasteiger partial charge in [0.25, 0.3) is 0 Å². The molecule has 5 heteroatoms. The molecule has 0 unspecified atom stereocenters. The summed E-state index contributed by atoms with van der Waals surface area (Å²) < 4.78 is 31.2. The lowest BCUT2D eigenvalue weighted by molar-refractivity contribution is 0.439. The Bertz CT molecular complexity index is 511. The molecule has 0 heterocycles. The van der Waals surface area contributed by atoms with Crippen LogP contribution in [0.1, 0.15) is 0 Å². The number of hydrogen-bond donors (Lipinski definition) is 1. The molecule has 2 aromatic carbocycles. The Kier molecular flexibility index (Phi) is 3.15. The monoisotopic (exact) mass is 255 g/mol. The minimum Gasteiger partial charge on any atom is -0.452 e. The third-order valence-electron chi connectivity index (χ3n) is 2.09. The van der Waals surface area contributed by atoms with Crippen LogP contribution in [0.3, 0.4) is 0 Å². The first kappa shape index (κ1) is 11.7. The molecule has 0 aliphatic carbocycles. The number of anilines is 1. The van der Waals surface area contributed by atoms with Crippen LogP contribution >= 0.6 is 11.6 Å². The molecule has 17 heavy (non-hydrogen) atoms. The lowest BCUT2D eigenvalue weighted by Crippen LogP contribution is -1.94. The number of ether oxygens (including phenoxy) is 1. The molecule has 2 rings (SSSR count). The highest BCUT2D eigenvalue weighted by atomic mass is 35.5. The quantitative estimate of drug-likeness (QED) is 0.824. The van der Waals surface area contributed by atoms with Gasteiger partial charge in [-0.2, -0.15) is 0 Å². The third-order valence-corrected chi connectivity index (χ3v) is 2.32. The Morgan fingerprint density at radius 1 is 1.00 bits per heavy atom. The first-order chi connectivity index (χ1) is 8.06. The van der Waals surface area contributed by atoms with E-state index in [-0.39, 0.29) is 17.2 Å². The fourth-order valence-corrected chi connectivity index (χ4v) is 1.47. The van der Waals surface area contributed by atoms with Crippen molar-refractivity contribution in [2.24, 2.45) is 0 Å². The number of rotatable bonds is 2. The Morgan fingerprint density at radius 3 is 2.35 bits per heavy atom. The van der Waals surface area contributed by atoms with Crippen LogP contribution in [0.5, 0.6) is 11.5 Å². The largest absolute Gasteiger partial charge is 0.452 e. The first-order valence-electron chi connectivity index (χ1n) is 4.74. The van der Waals surface area contributed by atoms with Gasteiger partial charge in [-0.15, -0.1) is 0 Å². The molecule has 0 spiro atoms. The summed E-state index contributed by atoms with van der Waals surface area (Å²) in [5.41, 5.74) is 5.92. The van der Waals surface area contributed by atoms with E-state index in [2.05, 4.69) is 0 Å². The molecule has 2 nitrogen and oxygen atoms in total. The molecule has 0 atom stereocenters. The molecule has 0 aromatic heterocycles. The van der Waals surface area contributed by atoms with Crippen molar-refractivity contribution in [1.29, 1.82) is 0 Å². The second kappa shape index (κ2) is 4.59. The second-order valence-corrected chi connectivity index (χ2v) is 3.80. The molecular formula is C12H8ClF2NO. The molecule has 2 aromatic rings. The van der Waals surface area contributed by atoms with E-state index in [1.54, 1.807) is 6.07 Å². The zero-order valence-corrected chi connectivity index (χ0v) is 9.34. The standard InChI is InChI=1S/C12H8ClF2NO/c13-7-1-3-12(10(16)5-7)17-11-4-2-8(14)6-9(11)15/h1-6H,16H2. The van der Waals surface area contributed by atoms with Gasteiger partial charge in [-0.05, 0) is 30.3 Å². The summed E-state index contributed by atoms with van der Waals surface area (Å²) in [5, 5.41) is 0.453. The molecular weight excluding hydrogens is 248 g/mol. The number of benzene rings is 2. The normalized spacial score (nSPS) is 10.3. The molecule has 0 bridgehead atoms. The molecule has 0 saturated carbocycles. The zero-order chi connectivity index (χ0) is 12.4. The summed E-state index contributed by atoms with van der Waals surface area (Å²) >= 11 is 5.71. The summed E-state index contributed by atoms with van der Waals surface area (Å²) in [6.07, 6.45) is 0. The maximum absolute atomic E-state index is 13.3. The summed E-state index contributed by atoms with van der Waals surface area (Å²) in [6.45, 7) is 0. The average Bonchev–Trinajstić information content (AvgIpc) is 2.25. The number of nitrogens with two attached hydrogens (primary N) is 1. The van der Waals surface area contributed by atoms with Crippen molar-refractivity contribution >= 4 is 17.3 Å². The van der Waals surface area contributed by atoms with E-state index in [9.17, 15) is 8.78 Å². The highest BCUT2D eigenvalue weighted by Crippen LogP contribution is 2.31. The number of halogens is 3. The van der Waals surface area contributed by atoms with Crippen molar-refractivity contribution in [3.63, 3.8) is 0 Å². The molecule has 0 amide bonds. The van der Waals surface area contributed by atoms with Crippen molar-refractivity contribution in [1.82, 2.24) is 0 Å². The third kappa shape index (κ3) is 2.65. The summed E-state index contributed by atoms with van der Waals surface area (Å²) in [5.74, 6) is -1.29. The highest BCUT2D eigenvalue weighted by Gasteiger charge is 2.08. The van der Waals surface area contributed by atoms with Crippen LogP contribution in [-0.2, 0) is 0 Å². The van der Waals surface area contributed by atoms with E-state index in [4.69, 9.17) is 22.1 Å². The molecule has 2 N–H and O–H groups in total. The van der Waals surface area contributed by atoms with Crippen LogP contribution in [0.15, 0.2) is 36.4 Å². The maximum Gasteiger partial charge on any atom is 0.168 e. The van der Waals surface area contributed by atoms with Crippen LogP contribution in [0.4, 0.5) is 14.5 Å². The minimum atomic E-state index is -0.792. The Balaban J connectivity index is 2.31. The molecule has 88 valence electrons. The number of hydrogen-bond acceptors (Lipinski definition) is 2. The number of nitrogen functional groups attached to an aromatic ring is 1. The molecule has 0 saturated heterocycles. The van der Waals surface area contributed by atoms with Gasteiger partial charge in [0, 0.05) is 11.1 Å². The predicted molar refractivity (Wildman–Crippen MR) is 62.3 cm³/mol. The van der Waals surface area contributed by atoms with Crippen molar-refractivity contribution < 1.29 is 13.5 Å². The van der Waals surface area contributed by atoms with E-state index in [1.807, 2.05) is 0 Å². The van der Waals surface area contributed by atoms with Gasteiger partial charge in [-0.3, -0.25) is 0 Å². The van der Waals surface area contributed by atoms with Gasteiger partial charge in [0.1, 0.15) is 5.82 Å². The van der Waals surface area contributed by atoms with Crippen LogP contribution in [0.25, 0.3) is 0 Å². The van der Waals surface area contributed by atoms with Gasteiger partial charge >= 0.3 is 0 Å². The highest BCUT2D eigenvalue weighted by molar-refractivity contribution is 6.30. The van der Waals surface area contributed by atoms with E-state index in [0.29, 0.717) is 5.02 Å². The molecule has 0 aliphatic heterocycles. The van der Waals surface area contributed by atoms with Crippen LogP contribution < -0.4 is 10.5 Å². The van der Waals surface area contributed by atoms with Gasteiger partial charge < -0.3 is 10.5 Å². The SMILES string of the molecule is Nc1cc(Cl)ccc1Oc1ccc(F)cc1F. The molecule has 0 radical (unpaired) electrons. The first-order valence-corrected chi connectivity index (χ1v) is 5.12. The molecule has 0 fully saturated rings. The van der Waals surface area contributed by atoms with Crippen molar-refractivity contribution in [2.45, 2.75) is 0 Å². The van der Waals surface area contributed by atoms with E-state index < -0.39 is 11.6 Å². The second-order valence-electron chi connectivity index (χ2n) is 3.36. The molecule has 0 aliphatic rings. The van der Waals surface area contributed by atoms with Crippen LogP contribution in [-0.4, -0.2) is 0 Å². The fourth-order valence-electron chi connectivity index (χ4n) is 1.29. The van der Waals surface area contributed by atoms with E-state index in [0.717, 1.165) is 12.1 Å².